The Bertz CT molecular complexity index is 1310. The summed E-state index contributed by atoms with van der Waals surface area (Å²) in [4.78, 5) is 31.6. The fraction of sp³-hybridized carbons (Fsp3) is 0.654. The van der Waals surface area contributed by atoms with E-state index in [1.807, 2.05) is 48.5 Å². The Labute approximate surface area is 367 Å². The van der Waals surface area contributed by atoms with Crippen LogP contribution in [0.5, 0.6) is 11.5 Å². The molecule has 2 rings (SSSR count). The minimum absolute atomic E-state index is 0.0178. The second-order valence-corrected chi connectivity index (χ2v) is 16.4. The molecule has 0 saturated heterocycles. The summed E-state index contributed by atoms with van der Waals surface area (Å²) in [7, 11) is 0. The first kappa shape index (κ1) is 52.5. The van der Waals surface area contributed by atoms with E-state index in [9.17, 15) is 9.59 Å². The summed E-state index contributed by atoms with van der Waals surface area (Å²) in [6.07, 6.45) is 23.2. The monoisotopic (exact) mass is 831 g/mol. The van der Waals surface area contributed by atoms with Crippen LogP contribution in [-0.2, 0) is 0 Å². The number of nitrogens with one attached hydrogen (secondary N) is 2. The van der Waals surface area contributed by atoms with Crippen LogP contribution in [0.3, 0.4) is 0 Å². The molecule has 0 fully saturated rings. The predicted molar refractivity (Wildman–Crippen MR) is 255 cm³/mol. The average molecular weight is 831 g/mol. The number of carbonyl (C=O) groups excluding carboxylic acids is 2. The van der Waals surface area contributed by atoms with Crippen molar-refractivity contribution in [3.63, 3.8) is 0 Å². The molecule has 338 valence electrons. The molecular formula is C52H86N4O4. The number of ether oxygens (including phenoxy) is 2. The quantitative estimate of drug-likeness (QED) is 0.0392. The predicted octanol–water partition coefficient (Wildman–Crippen LogP) is 12.2. The fourth-order valence-corrected chi connectivity index (χ4v) is 6.97. The lowest BCUT2D eigenvalue weighted by atomic mass is 10.1. The molecule has 8 heteroatoms. The minimum Gasteiger partial charge on any atom is -0.494 e. The second kappa shape index (κ2) is 35.0. The number of carbonyl (C=O) groups is 2. The summed E-state index contributed by atoms with van der Waals surface area (Å²) in [6, 6.07) is 15.2. The van der Waals surface area contributed by atoms with Crippen LogP contribution in [0.15, 0.2) is 72.1 Å². The zero-order chi connectivity index (χ0) is 43.5. The average Bonchev–Trinajstić information content (AvgIpc) is 3.27. The van der Waals surface area contributed by atoms with E-state index >= 15 is 0 Å². The fourth-order valence-electron chi connectivity index (χ4n) is 6.97. The summed E-state index contributed by atoms with van der Waals surface area (Å²) >= 11 is 0. The Kier molecular flexibility index (Phi) is 30.7. The molecule has 8 nitrogen and oxygen atoms in total. The molecule has 0 saturated carbocycles. The molecular weight excluding hydrogens is 745 g/mol. The highest BCUT2D eigenvalue weighted by atomic mass is 16.5. The third-order valence-electron chi connectivity index (χ3n) is 10.9. The van der Waals surface area contributed by atoms with Gasteiger partial charge < -0.3 is 29.9 Å². The largest absolute Gasteiger partial charge is 0.494 e. The molecule has 0 radical (unpaired) electrons. The van der Waals surface area contributed by atoms with E-state index in [0.29, 0.717) is 24.3 Å². The lowest BCUT2D eigenvalue weighted by molar-refractivity contribution is 0.103. The van der Waals surface area contributed by atoms with Crippen LogP contribution in [0, 0.1) is 0 Å². The van der Waals surface area contributed by atoms with Gasteiger partial charge in [0.2, 0.25) is 0 Å². The van der Waals surface area contributed by atoms with E-state index in [0.717, 1.165) is 113 Å². The summed E-state index contributed by atoms with van der Waals surface area (Å²) in [5, 5.41) is 7.11. The van der Waals surface area contributed by atoms with Crippen molar-refractivity contribution in [1.82, 2.24) is 20.4 Å². The topological polar surface area (TPSA) is 83.1 Å². The Hall–Kier alpha value is -3.62. The van der Waals surface area contributed by atoms with Gasteiger partial charge in [0.05, 0.1) is 13.2 Å². The molecule has 0 amide bonds. The molecule has 0 aliphatic heterocycles. The van der Waals surface area contributed by atoms with Crippen molar-refractivity contribution in [2.45, 2.75) is 157 Å². The van der Waals surface area contributed by atoms with Gasteiger partial charge in [0, 0.05) is 60.9 Å². The van der Waals surface area contributed by atoms with Crippen molar-refractivity contribution >= 4 is 11.6 Å². The maximum absolute atomic E-state index is 13.3. The molecule has 0 aliphatic rings. The zero-order valence-corrected chi connectivity index (χ0v) is 39.1. The van der Waals surface area contributed by atoms with Crippen LogP contribution < -0.4 is 20.1 Å². The van der Waals surface area contributed by atoms with Crippen molar-refractivity contribution in [2.24, 2.45) is 0 Å². The Morgan fingerprint density at radius 2 is 0.767 bits per heavy atom. The van der Waals surface area contributed by atoms with Crippen molar-refractivity contribution in [3.8, 4) is 11.5 Å². The first-order valence-corrected chi connectivity index (χ1v) is 24.2. The Morgan fingerprint density at radius 1 is 0.450 bits per heavy atom. The molecule has 0 heterocycles. The molecule has 2 aromatic rings. The molecule has 60 heavy (non-hydrogen) atoms. The third-order valence-corrected chi connectivity index (χ3v) is 10.9. The van der Waals surface area contributed by atoms with Crippen LogP contribution in [0.1, 0.15) is 178 Å². The van der Waals surface area contributed by atoms with Crippen LogP contribution in [0.2, 0.25) is 0 Å². The summed E-state index contributed by atoms with van der Waals surface area (Å²) < 4.78 is 12.1. The number of hydrogen-bond acceptors (Lipinski definition) is 8. The van der Waals surface area contributed by atoms with Gasteiger partial charge in [-0.05, 0) is 152 Å². The van der Waals surface area contributed by atoms with Gasteiger partial charge in [0.25, 0.3) is 0 Å². The number of hydrogen-bond donors (Lipinski definition) is 2. The lowest BCUT2D eigenvalue weighted by Crippen LogP contribution is -2.28. The van der Waals surface area contributed by atoms with Gasteiger partial charge in [0.15, 0.2) is 11.6 Å². The number of rotatable bonds is 39. The maximum Gasteiger partial charge on any atom is 0.187 e. The number of benzene rings is 2. The van der Waals surface area contributed by atoms with Crippen molar-refractivity contribution in [3.05, 3.63) is 83.2 Å². The highest BCUT2D eigenvalue weighted by Gasteiger charge is 2.10. The molecule has 0 atom stereocenters. The van der Waals surface area contributed by atoms with E-state index in [2.05, 4.69) is 62.0 Å². The standard InChI is InChI=1S/C52H86N4O4/c1-7-13-23-47(43-51(57)45-25-29-49(30-26-45)59-41-21-39-55(35-15-9-3)36-16-10-4)53-33-19-20-34-54-48(24-14-8-2)44-52(58)46-27-31-50(32-28-46)60-42-22-40-56(37-17-11-5)38-18-12-6/h25-32,43-44,53-54H,7-24,33-42H2,1-6H3/b47-43+,48-44+. The van der Waals surface area contributed by atoms with Gasteiger partial charge in [-0.3, -0.25) is 9.59 Å². The van der Waals surface area contributed by atoms with Crippen LogP contribution in [-0.4, -0.2) is 86.9 Å². The number of allylic oxidation sites excluding steroid dienone is 4. The van der Waals surface area contributed by atoms with Crippen molar-refractivity contribution in [2.75, 3.05) is 65.6 Å². The summed E-state index contributed by atoms with van der Waals surface area (Å²) in [5.41, 5.74) is 3.34. The molecule has 0 aliphatic carbocycles. The zero-order valence-electron chi connectivity index (χ0n) is 39.1. The van der Waals surface area contributed by atoms with Gasteiger partial charge in [0.1, 0.15) is 11.5 Å². The highest BCUT2D eigenvalue weighted by Crippen LogP contribution is 2.17. The van der Waals surface area contributed by atoms with Gasteiger partial charge in [-0.15, -0.1) is 0 Å². The van der Waals surface area contributed by atoms with Gasteiger partial charge >= 0.3 is 0 Å². The molecule has 0 spiro atoms. The lowest BCUT2D eigenvalue weighted by Gasteiger charge is -2.21. The van der Waals surface area contributed by atoms with Crippen molar-refractivity contribution in [1.29, 1.82) is 0 Å². The summed E-state index contributed by atoms with van der Waals surface area (Å²) in [5.74, 6) is 1.66. The Balaban J connectivity index is 1.81. The normalized spacial score (nSPS) is 12.0. The van der Waals surface area contributed by atoms with Crippen LogP contribution >= 0.6 is 0 Å². The van der Waals surface area contributed by atoms with E-state index in [4.69, 9.17) is 9.47 Å². The molecule has 0 aromatic heterocycles. The minimum atomic E-state index is 0.0178. The Morgan fingerprint density at radius 3 is 1.08 bits per heavy atom. The van der Waals surface area contributed by atoms with E-state index in [1.165, 1.54) is 77.5 Å². The highest BCUT2D eigenvalue weighted by molar-refractivity contribution is 6.05. The molecule has 0 bridgehead atoms. The van der Waals surface area contributed by atoms with Crippen molar-refractivity contribution < 1.29 is 19.1 Å². The van der Waals surface area contributed by atoms with Gasteiger partial charge in [-0.2, -0.15) is 0 Å². The number of nitrogens with zero attached hydrogens (tertiary/aromatic N) is 2. The maximum atomic E-state index is 13.3. The van der Waals surface area contributed by atoms with E-state index < -0.39 is 0 Å². The SMILES string of the molecule is CCCC/C(=C\C(=O)c1ccc(OCCCN(CCCC)CCCC)cc1)NCCCCN/C(=C/C(=O)c1ccc(OCCCN(CCCC)CCCC)cc1)CCCC. The smallest absolute Gasteiger partial charge is 0.187 e. The first-order valence-electron chi connectivity index (χ1n) is 24.2. The first-order chi connectivity index (χ1) is 29.4. The third kappa shape index (κ3) is 24.6. The van der Waals surface area contributed by atoms with E-state index in [1.54, 1.807) is 12.2 Å². The molecule has 0 unspecified atom stereocenters. The number of unbranched alkanes of at least 4 members (excludes halogenated alkanes) is 7. The van der Waals surface area contributed by atoms with E-state index in [-0.39, 0.29) is 11.6 Å². The van der Waals surface area contributed by atoms with Gasteiger partial charge in [-0.1, -0.05) is 80.1 Å². The second-order valence-electron chi connectivity index (χ2n) is 16.4. The molecule has 2 aromatic carbocycles. The van der Waals surface area contributed by atoms with Crippen LogP contribution in [0.25, 0.3) is 0 Å². The summed E-state index contributed by atoms with van der Waals surface area (Å²) in [6.45, 7) is 23.1. The number of ketones is 2. The van der Waals surface area contributed by atoms with Crippen LogP contribution in [0.4, 0.5) is 0 Å². The van der Waals surface area contributed by atoms with Gasteiger partial charge in [-0.25, -0.2) is 0 Å². The molecule has 2 N–H and O–H groups in total.